The number of esters is 1. The number of pyridine rings is 1. The lowest BCUT2D eigenvalue weighted by Crippen LogP contribution is -2.23. The number of nitrogens with one attached hydrogen (secondary N) is 1. The molecule has 25 heavy (non-hydrogen) atoms. The van der Waals surface area contributed by atoms with Crippen molar-refractivity contribution >= 4 is 40.1 Å². The number of aromatic nitrogens is 1. The molecule has 2 heterocycles. The summed E-state index contributed by atoms with van der Waals surface area (Å²) in [5, 5.41) is 3.13. The van der Waals surface area contributed by atoms with Crippen molar-refractivity contribution < 1.29 is 18.7 Å². The van der Waals surface area contributed by atoms with E-state index in [0.717, 1.165) is 0 Å². The van der Waals surface area contributed by atoms with Crippen LogP contribution in [0.2, 0.25) is 5.15 Å². The minimum atomic E-state index is -0.952. The van der Waals surface area contributed by atoms with E-state index in [1.54, 1.807) is 36.4 Å². The first-order valence-corrected chi connectivity index (χ1v) is 7.53. The van der Waals surface area contributed by atoms with Gasteiger partial charge in [0.15, 0.2) is 11.8 Å². The van der Waals surface area contributed by atoms with Crippen molar-refractivity contribution in [1.82, 2.24) is 4.98 Å². The number of fused-ring (bicyclic) bond motifs is 1. The maximum absolute atomic E-state index is 12.0. The van der Waals surface area contributed by atoms with Gasteiger partial charge in [0, 0.05) is 11.6 Å². The van der Waals surface area contributed by atoms with Gasteiger partial charge in [-0.15, -0.1) is 0 Å². The third-order valence-corrected chi connectivity index (χ3v) is 3.53. The van der Waals surface area contributed by atoms with Gasteiger partial charge in [-0.25, -0.2) is 14.6 Å². The highest BCUT2D eigenvalue weighted by Crippen LogP contribution is 2.17. The summed E-state index contributed by atoms with van der Waals surface area (Å²) in [7, 11) is 0. The number of nitrogens with zero attached hydrogens (tertiary/aromatic N) is 1. The Labute approximate surface area is 146 Å². The second-order valence-electron chi connectivity index (χ2n) is 4.95. The van der Waals surface area contributed by atoms with Crippen LogP contribution in [0.3, 0.4) is 0 Å². The molecule has 3 aromatic rings. The van der Waals surface area contributed by atoms with Gasteiger partial charge < -0.3 is 14.5 Å². The van der Waals surface area contributed by atoms with E-state index in [0.29, 0.717) is 11.0 Å². The second kappa shape index (κ2) is 7.14. The Morgan fingerprint density at radius 2 is 2.00 bits per heavy atom. The minimum Gasteiger partial charge on any atom is -0.452 e. The Kier molecular flexibility index (Phi) is 4.76. The summed E-state index contributed by atoms with van der Waals surface area (Å²) in [6.45, 7) is -0.587. The number of anilines is 1. The smallest absolute Gasteiger partial charge is 0.351 e. The molecule has 3 rings (SSSR count). The van der Waals surface area contributed by atoms with E-state index in [9.17, 15) is 14.4 Å². The van der Waals surface area contributed by atoms with E-state index >= 15 is 0 Å². The van der Waals surface area contributed by atoms with E-state index < -0.39 is 24.1 Å². The lowest BCUT2D eigenvalue weighted by molar-refractivity contribution is -0.119. The van der Waals surface area contributed by atoms with E-state index in [-0.39, 0.29) is 16.4 Å². The number of carbonyl (C=O) groups is 2. The minimum absolute atomic E-state index is 0.109. The Morgan fingerprint density at radius 1 is 1.20 bits per heavy atom. The number of amides is 1. The van der Waals surface area contributed by atoms with Crippen molar-refractivity contribution in [2.24, 2.45) is 0 Å². The molecule has 126 valence electrons. The molecule has 7 nitrogen and oxygen atoms in total. The van der Waals surface area contributed by atoms with Crippen LogP contribution in [-0.4, -0.2) is 23.5 Å². The summed E-state index contributed by atoms with van der Waals surface area (Å²) in [5.41, 5.74) is -0.478. The van der Waals surface area contributed by atoms with Gasteiger partial charge >= 0.3 is 11.6 Å². The number of hydrogen-bond acceptors (Lipinski definition) is 6. The number of hydrogen-bond donors (Lipinski definition) is 1. The molecule has 1 N–H and O–H groups in total. The fraction of sp³-hybridized carbons (Fsp3) is 0.0588. The van der Waals surface area contributed by atoms with Gasteiger partial charge in [0.25, 0.3) is 5.91 Å². The van der Waals surface area contributed by atoms with Crippen molar-refractivity contribution in [1.29, 1.82) is 0 Å². The topological polar surface area (TPSA) is 98.5 Å². The molecule has 0 radical (unpaired) electrons. The standard InChI is InChI=1S/C17H11ClN2O5/c18-15-12(5-3-7-19-15)20-14(21)9-24-16(22)11-8-10-4-1-2-6-13(10)25-17(11)23/h1-8H,9H2,(H,20,21). The van der Waals surface area contributed by atoms with Crippen molar-refractivity contribution in [3.8, 4) is 0 Å². The predicted molar refractivity (Wildman–Crippen MR) is 90.6 cm³/mol. The monoisotopic (exact) mass is 358 g/mol. The van der Waals surface area contributed by atoms with Crippen LogP contribution in [0.25, 0.3) is 11.0 Å². The van der Waals surface area contributed by atoms with Gasteiger partial charge in [0.2, 0.25) is 0 Å². The Morgan fingerprint density at radius 3 is 2.80 bits per heavy atom. The zero-order valence-electron chi connectivity index (χ0n) is 12.7. The van der Waals surface area contributed by atoms with Crippen LogP contribution < -0.4 is 10.9 Å². The van der Waals surface area contributed by atoms with E-state index in [1.165, 1.54) is 12.3 Å². The number of para-hydroxylation sites is 1. The summed E-state index contributed by atoms with van der Waals surface area (Å²) in [6.07, 6.45) is 1.47. The van der Waals surface area contributed by atoms with Crippen LogP contribution in [0.1, 0.15) is 10.4 Å². The van der Waals surface area contributed by atoms with Crippen molar-refractivity contribution in [2.45, 2.75) is 0 Å². The molecule has 0 saturated heterocycles. The third-order valence-electron chi connectivity index (χ3n) is 3.23. The molecule has 0 bridgehead atoms. The molecule has 1 amide bonds. The molecule has 0 unspecified atom stereocenters. The molecule has 8 heteroatoms. The van der Waals surface area contributed by atoms with Crippen molar-refractivity contribution in [2.75, 3.05) is 11.9 Å². The lowest BCUT2D eigenvalue weighted by atomic mass is 10.2. The molecule has 0 fully saturated rings. The quantitative estimate of drug-likeness (QED) is 0.437. The van der Waals surface area contributed by atoms with E-state index in [4.69, 9.17) is 20.8 Å². The molecule has 0 saturated carbocycles. The van der Waals surface area contributed by atoms with E-state index in [2.05, 4.69) is 10.3 Å². The van der Waals surface area contributed by atoms with Gasteiger partial charge in [0.1, 0.15) is 11.1 Å². The van der Waals surface area contributed by atoms with Crippen LogP contribution in [0.5, 0.6) is 0 Å². The van der Waals surface area contributed by atoms with Gasteiger partial charge in [-0.1, -0.05) is 29.8 Å². The molecule has 0 aliphatic heterocycles. The van der Waals surface area contributed by atoms with Gasteiger partial charge in [0.05, 0.1) is 5.69 Å². The van der Waals surface area contributed by atoms with Crippen LogP contribution in [0.15, 0.2) is 57.9 Å². The first-order valence-electron chi connectivity index (χ1n) is 7.15. The van der Waals surface area contributed by atoms with Gasteiger partial charge in [-0.2, -0.15) is 0 Å². The zero-order chi connectivity index (χ0) is 17.8. The van der Waals surface area contributed by atoms with Crippen LogP contribution >= 0.6 is 11.6 Å². The summed E-state index contributed by atoms with van der Waals surface area (Å²) in [6, 6.07) is 11.2. The number of rotatable bonds is 4. The summed E-state index contributed by atoms with van der Waals surface area (Å²) >= 11 is 5.82. The molecule has 0 spiro atoms. The summed E-state index contributed by atoms with van der Waals surface area (Å²) in [5.74, 6) is -1.57. The fourth-order valence-electron chi connectivity index (χ4n) is 2.08. The highest BCUT2D eigenvalue weighted by molar-refractivity contribution is 6.32. The maximum atomic E-state index is 12.0. The van der Waals surface area contributed by atoms with Crippen LogP contribution in [-0.2, 0) is 9.53 Å². The van der Waals surface area contributed by atoms with Crippen LogP contribution in [0, 0.1) is 0 Å². The average Bonchev–Trinajstić information content (AvgIpc) is 2.61. The molecule has 2 aromatic heterocycles. The van der Waals surface area contributed by atoms with Gasteiger partial charge in [-0.05, 0) is 24.3 Å². The number of halogens is 1. The third kappa shape index (κ3) is 3.84. The lowest BCUT2D eigenvalue weighted by Gasteiger charge is -2.07. The molecule has 1 aromatic carbocycles. The van der Waals surface area contributed by atoms with E-state index in [1.807, 2.05) is 0 Å². The van der Waals surface area contributed by atoms with Crippen molar-refractivity contribution in [3.05, 3.63) is 69.8 Å². The number of benzene rings is 1. The second-order valence-corrected chi connectivity index (χ2v) is 5.31. The first-order chi connectivity index (χ1) is 12.0. The SMILES string of the molecule is O=C(COC(=O)c1cc2ccccc2oc1=O)Nc1cccnc1Cl. The van der Waals surface area contributed by atoms with Crippen molar-refractivity contribution in [3.63, 3.8) is 0 Å². The highest BCUT2D eigenvalue weighted by Gasteiger charge is 2.17. The Balaban J connectivity index is 1.68. The fourth-order valence-corrected chi connectivity index (χ4v) is 2.25. The maximum Gasteiger partial charge on any atom is 0.351 e. The number of carbonyl (C=O) groups excluding carboxylic acids is 2. The molecular formula is C17H11ClN2O5. The Hall–Kier alpha value is -3.19. The summed E-state index contributed by atoms with van der Waals surface area (Å²) in [4.78, 5) is 39.5. The molecular weight excluding hydrogens is 348 g/mol. The Bertz CT molecular complexity index is 1020. The zero-order valence-corrected chi connectivity index (χ0v) is 13.4. The molecule has 0 atom stereocenters. The molecule has 0 aliphatic carbocycles. The molecule has 0 aliphatic rings. The highest BCUT2D eigenvalue weighted by atomic mass is 35.5. The number of ether oxygens (including phenoxy) is 1. The largest absolute Gasteiger partial charge is 0.452 e. The average molecular weight is 359 g/mol. The van der Waals surface area contributed by atoms with Gasteiger partial charge in [-0.3, -0.25) is 4.79 Å². The van der Waals surface area contributed by atoms with Crippen LogP contribution in [0.4, 0.5) is 5.69 Å². The predicted octanol–water partition coefficient (Wildman–Crippen LogP) is 2.64. The summed E-state index contributed by atoms with van der Waals surface area (Å²) < 4.78 is 9.91. The normalized spacial score (nSPS) is 10.4. The first kappa shape index (κ1) is 16.7.